The van der Waals surface area contributed by atoms with Crippen molar-refractivity contribution in [2.24, 2.45) is 0 Å². The fraction of sp³-hybridized carbons (Fsp3) is 0.250. The van der Waals surface area contributed by atoms with Gasteiger partial charge in [-0.15, -0.1) is 5.10 Å². The van der Waals surface area contributed by atoms with Crippen LogP contribution in [-0.2, 0) is 15.3 Å². The normalized spacial score (nSPS) is 17.3. The Balaban J connectivity index is 1.50. The Bertz CT molecular complexity index is 1270. The molecular formula is C24H21ClN4O3S. The lowest BCUT2D eigenvalue weighted by molar-refractivity contribution is -0.116. The van der Waals surface area contributed by atoms with Crippen LogP contribution in [0, 0.1) is 0 Å². The molecule has 1 atom stereocenters. The number of carbonyl (C=O) groups is 2. The summed E-state index contributed by atoms with van der Waals surface area (Å²) in [7, 11) is 1.35. The van der Waals surface area contributed by atoms with Crippen molar-refractivity contribution in [1.82, 2.24) is 14.8 Å². The van der Waals surface area contributed by atoms with E-state index >= 15 is 0 Å². The number of rotatable bonds is 5. The van der Waals surface area contributed by atoms with Crippen molar-refractivity contribution in [3.63, 3.8) is 0 Å². The SMILES string of the molecule is COC(=O)c1ccc(C2C3=C(CCCC3=O)Nc3nc(SCc4ccccc4Cl)nn32)cc1. The first kappa shape index (κ1) is 21.7. The van der Waals surface area contributed by atoms with Crippen molar-refractivity contribution >= 4 is 41.1 Å². The number of methoxy groups -OCH3 is 1. The van der Waals surface area contributed by atoms with E-state index in [1.54, 1.807) is 16.8 Å². The maximum Gasteiger partial charge on any atom is 0.337 e. The molecule has 0 spiro atoms. The minimum absolute atomic E-state index is 0.109. The third-order valence-electron chi connectivity index (χ3n) is 5.81. The number of nitrogens with zero attached hydrogens (tertiary/aromatic N) is 3. The molecule has 3 aromatic rings. The van der Waals surface area contributed by atoms with Gasteiger partial charge < -0.3 is 10.1 Å². The van der Waals surface area contributed by atoms with Crippen LogP contribution in [0.15, 0.2) is 65.0 Å². The average Bonchev–Trinajstić information content (AvgIpc) is 3.24. The van der Waals surface area contributed by atoms with E-state index in [1.165, 1.54) is 18.9 Å². The highest BCUT2D eigenvalue weighted by atomic mass is 35.5. The van der Waals surface area contributed by atoms with Gasteiger partial charge in [-0.1, -0.05) is 53.7 Å². The Hall–Kier alpha value is -3.10. The first-order valence-electron chi connectivity index (χ1n) is 10.6. The van der Waals surface area contributed by atoms with Gasteiger partial charge in [0, 0.05) is 28.5 Å². The maximum absolute atomic E-state index is 12.9. The summed E-state index contributed by atoms with van der Waals surface area (Å²) >= 11 is 7.78. The van der Waals surface area contributed by atoms with E-state index in [2.05, 4.69) is 10.3 Å². The maximum atomic E-state index is 12.9. The summed E-state index contributed by atoms with van der Waals surface area (Å²) in [6.07, 6.45) is 2.10. The molecule has 1 aliphatic carbocycles. The van der Waals surface area contributed by atoms with E-state index in [0.717, 1.165) is 29.7 Å². The summed E-state index contributed by atoms with van der Waals surface area (Å²) in [6.45, 7) is 0. The van der Waals surface area contributed by atoms with Crippen LogP contribution in [-0.4, -0.2) is 33.6 Å². The first-order valence-corrected chi connectivity index (χ1v) is 12.0. The van der Waals surface area contributed by atoms with Gasteiger partial charge in [-0.2, -0.15) is 4.98 Å². The molecule has 1 unspecified atom stereocenters. The van der Waals surface area contributed by atoms with Crippen LogP contribution in [0.4, 0.5) is 5.95 Å². The Kier molecular flexibility index (Phi) is 5.95. The van der Waals surface area contributed by atoms with Gasteiger partial charge in [0.05, 0.1) is 12.7 Å². The zero-order chi connectivity index (χ0) is 22.9. The third-order valence-corrected chi connectivity index (χ3v) is 7.07. The molecular weight excluding hydrogens is 460 g/mol. The van der Waals surface area contributed by atoms with Crippen molar-refractivity contribution in [2.45, 2.75) is 36.2 Å². The highest BCUT2D eigenvalue weighted by Gasteiger charge is 2.36. The van der Waals surface area contributed by atoms with Gasteiger partial charge in [-0.25, -0.2) is 9.48 Å². The number of fused-ring (bicyclic) bond motifs is 1. The van der Waals surface area contributed by atoms with Gasteiger partial charge in [0.2, 0.25) is 11.1 Å². The molecule has 9 heteroatoms. The number of hydrogen-bond donors (Lipinski definition) is 1. The number of benzene rings is 2. The number of thioether (sulfide) groups is 1. The smallest absolute Gasteiger partial charge is 0.337 e. The zero-order valence-corrected chi connectivity index (χ0v) is 19.4. The molecule has 5 rings (SSSR count). The number of nitrogens with one attached hydrogen (secondary N) is 1. The van der Waals surface area contributed by atoms with Crippen LogP contribution in [0.3, 0.4) is 0 Å². The molecule has 0 fully saturated rings. The number of anilines is 1. The zero-order valence-electron chi connectivity index (χ0n) is 17.9. The molecule has 1 N–H and O–H groups in total. The Morgan fingerprint density at radius 1 is 1.21 bits per heavy atom. The topological polar surface area (TPSA) is 86.1 Å². The number of ether oxygens (including phenoxy) is 1. The molecule has 0 saturated carbocycles. The van der Waals surface area contributed by atoms with Crippen molar-refractivity contribution in [3.05, 3.63) is 81.5 Å². The lowest BCUT2D eigenvalue weighted by atomic mass is 9.85. The van der Waals surface area contributed by atoms with Crippen molar-refractivity contribution < 1.29 is 14.3 Å². The molecule has 0 radical (unpaired) electrons. The van der Waals surface area contributed by atoms with Crippen LogP contribution >= 0.6 is 23.4 Å². The fourth-order valence-corrected chi connectivity index (χ4v) is 5.30. The number of Topliss-reactive ketones (excluding diaryl/α,β-unsaturated/α-hetero) is 1. The molecule has 0 bridgehead atoms. The second kappa shape index (κ2) is 9.03. The fourth-order valence-electron chi connectivity index (χ4n) is 4.18. The molecule has 1 aromatic heterocycles. The Morgan fingerprint density at radius 3 is 2.76 bits per heavy atom. The van der Waals surface area contributed by atoms with Gasteiger partial charge in [0.1, 0.15) is 6.04 Å². The molecule has 2 aromatic carbocycles. The summed E-state index contributed by atoms with van der Waals surface area (Å²) in [6, 6.07) is 14.4. The number of esters is 1. The van der Waals surface area contributed by atoms with Crippen molar-refractivity contribution in [1.29, 1.82) is 0 Å². The second-order valence-corrected chi connectivity index (χ2v) is 9.20. The standard InChI is InChI=1S/C24H21ClN4O3S/c1-32-22(31)15-11-9-14(10-12-15)21-20-18(7-4-8-19(20)30)26-23-27-24(28-29(21)23)33-13-16-5-2-3-6-17(16)25/h2-3,5-6,9-12,21H,4,7-8,13H2,1H3,(H,26,27,28). The van der Waals surface area contributed by atoms with Gasteiger partial charge >= 0.3 is 5.97 Å². The van der Waals surface area contributed by atoms with Crippen LogP contribution in [0.2, 0.25) is 5.02 Å². The van der Waals surface area contributed by atoms with E-state index in [1.807, 2.05) is 36.4 Å². The number of aromatic nitrogens is 3. The number of allylic oxidation sites excluding steroid dienone is 2. The number of ketones is 1. The lowest BCUT2D eigenvalue weighted by Gasteiger charge is -2.32. The molecule has 0 saturated heterocycles. The Labute approximate surface area is 200 Å². The summed E-state index contributed by atoms with van der Waals surface area (Å²) in [5, 5.41) is 9.37. The molecule has 168 valence electrons. The van der Waals surface area contributed by atoms with E-state index < -0.39 is 12.0 Å². The highest BCUT2D eigenvalue weighted by Crippen LogP contribution is 2.41. The summed E-state index contributed by atoms with van der Waals surface area (Å²) in [5.74, 6) is 0.942. The monoisotopic (exact) mass is 480 g/mol. The van der Waals surface area contributed by atoms with E-state index in [9.17, 15) is 9.59 Å². The average molecular weight is 481 g/mol. The quantitative estimate of drug-likeness (QED) is 0.404. The Morgan fingerprint density at radius 2 is 2.00 bits per heavy atom. The first-order chi connectivity index (χ1) is 16.0. The number of hydrogen-bond acceptors (Lipinski definition) is 7. The van der Waals surface area contributed by atoms with Gasteiger partial charge in [-0.05, 0) is 42.2 Å². The summed E-state index contributed by atoms with van der Waals surface area (Å²) in [5.41, 5.74) is 3.94. The van der Waals surface area contributed by atoms with E-state index in [0.29, 0.717) is 39.4 Å². The molecule has 2 aliphatic rings. The molecule has 33 heavy (non-hydrogen) atoms. The largest absolute Gasteiger partial charge is 0.465 e. The highest BCUT2D eigenvalue weighted by molar-refractivity contribution is 7.98. The molecule has 2 heterocycles. The van der Waals surface area contributed by atoms with Crippen LogP contribution in [0.25, 0.3) is 0 Å². The molecule has 7 nitrogen and oxygen atoms in total. The predicted octanol–water partition coefficient (Wildman–Crippen LogP) is 5.03. The summed E-state index contributed by atoms with van der Waals surface area (Å²) in [4.78, 5) is 29.5. The third kappa shape index (κ3) is 4.16. The summed E-state index contributed by atoms with van der Waals surface area (Å²) < 4.78 is 6.57. The van der Waals surface area contributed by atoms with Crippen LogP contribution in [0.5, 0.6) is 0 Å². The lowest BCUT2D eigenvalue weighted by Crippen LogP contribution is -2.31. The van der Waals surface area contributed by atoms with Crippen LogP contribution < -0.4 is 5.32 Å². The van der Waals surface area contributed by atoms with Crippen LogP contribution in [0.1, 0.15) is 46.8 Å². The second-order valence-electron chi connectivity index (χ2n) is 7.85. The van der Waals surface area contributed by atoms with Gasteiger partial charge in [0.15, 0.2) is 5.78 Å². The predicted molar refractivity (Wildman–Crippen MR) is 126 cm³/mol. The van der Waals surface area contributed by atoms with E-state index in [4.69, 9.17) is 21.4 Å². The minimum Gasteiger partial charge on any atom is -0.465 e. The van der Waals surface area contributed by atoms with Gasteiger partial charge in [-0.3, -0.25) is 4.79 Å². The van der Waals surface area contributed by atoms with Gasteiger partial charge in [0.25, 0.3) is 0 Å². The molecule has 1 aliphatic heterocycles. The van der Waals surface area contributed by atoms with Crippen molar-refractivity contribution in [2.75, 3.05) is 12.4 Å². The minimum atomic E-state index is -0.405. The number of halogens is 1. The molecule has 0 amide bonds. The van der Waals surface area contributed by atoms with E-state index in [-0.39, 0.29) is 5.78 Å². The number of carbonyl (C=O) groups excluding carboxylic acids is 2. The van der Waals surface area contributed by atoms with Crippen molar-refractivity contribution in [3.8, 4) is 0 Å².